The van der Waals surface area contributed by atoms with Gasteiger partial charge in [-0.3, -0.25) is 9.69 Å². The van der Waals surface area contributed by atoms with Crippen LogP contribution in [0.1, 0.15) is 34.9 Å². The molecule has 0 saturated heterocycles. The third kappa shape index (κ3) is 3.80. The predicted molar refractivity (Wildman–Crippen MR) is 97.9 cm³/mol. The quantitative estimate of drug-likeness (QED) is 0.817. The normalized spacial score (nSPS) is 17.1. The molecule has 0 saturated carbocycles. The number of carbonyl (C=O) groups is 1. The maximum atomic E-state index is 10.9. The van der Waals surface area contributed by atoms with Crippen molar-refractivity contribution in [2.45, 2.75) is 25.3 Å². The highest BCUT2D eigenvalue weighted by Crippen LogP contribution is 2.42. The second kappa shape index (κ2) is 7.89. The fourth-order valence-electron chi connectivity index (χ4n) is 3.45. The summed E-state index contributed by atoms with van der Waals surface area (Å²) >= 11 is 1.73. The minimum atomic E-state index is -0.739. The molecule has 1 N–H and O–H groups in total. The van der Waals surface area contributed by atoms with E-state index in [4.69, 9.17) is 14.6 Å². The first-order valence-corrected chi connectivity index (χ1v) is 9.26. The van der Waals surface area contributed by atoms with Crippen LogP contribution in [0.15, 0.2) is 29.6 Å². The zero-order valence-corrected chi connectivity index (χ0v) is 15.3. The van der Waals surface area contributed by atoms with Crippen LogP contribution >= 0.6 is 11.3 Å². The highest BCUT2D eigenvalue weighted by atomic mass is 32.1. The first kappa shape index (κ1) is 17.8. The summed E-state index contributed by atoms with van der Waals surface area (Å²) in [4.78, 5) is 14.5. The van der Waals surface area contributed by atoms with Crippen LogP contribution in [-0.4, -0.2) is 43.3 Å². The van der Waals surface area contributed by atoms with Gasteiger partial charge in [0.15, 0.2) is 11.5 Å². The van der Waals surface area contributed by atoms with E-state index in [1.807, 2.05) is 0 Å². The van der Waals surface area contributed by atoms with Gasteiger partial charge in [-0.15, -0.1) is 11.3 Å². The molecule has 2 heterocycles. The van der Waals surface area contributed by atoms with E-state index in [2.05, 4.69) is 34.5 Å². The Bertz CT molecular complexity index is 729. The number of carboxylic acids is 1. The lowest BCUT2D eigenvalue weighted by molar-refractivity contribution is -0.137. The SMILES string of the molecule is COc1cc2c(cc1OC)C(c1cccs1)N(CCCC(=O)O)CC2. The Morgan fingerprint density at radius 2 is 2.08 bits per heavy atom. The standard InChI is InChI=1S/C19H23NO4S/c1-23-15-11-13-7-9-20(8-3-6-18(21)22)19(17-5-4-10-25-17)14(13)12-16(15)24-2/h4-5,10-12,19H,3,6-9H2,1-2H3,(H,21,22). The van der Waals surface area contributed by atoms with Crippen molar-refractivity contribution in [2.24, 2.45) is 0 Å². The van der Waals surface area contributed by atoms with Gasteiger partial charge in [-0.25, -0.2) is 0 Å². The molecule has 25 heavy (non-hydrogen) atoms. The Hall–Kier alpha value is -2.05. The first-order valence-electron chi connectivity index (χ1n) is 8.38. The van der Waals surface area contributed by atoms with Crippen molar-refractivity contribution >= 4 is 17.3 Å². The van der Waals surface area contributed by atoms with Crippen molar-refractivity contribution in [1.29, 1.82) is 0 Å². The highest BCUT2D eigenvalue weighted by molar-refractivity contribution is 7.10. The molecule has 1 aliphatic rings. The molecule has 6 heteroatoms. The number of nitrogens with zero attached hydrogens (tertiary/aromatic N) is 1. The van der Waals surface area contributed by atoms with Gasteiger partial charge in [0.2, 0.25) is 0 Å². The van der Waals surface area contributed by atoms with E-state index in [-0.39, 0.29) is 12.5 Å². The fraction of sp³-hybridized carbons (Fsp3) is 0.421. The number of fused-ring (bicyclic) bond motifs is 1. The van der Waals surface area contributed by atoms with Crippen LogP contribution in [0, 0.1) is 0 Å². The third-order valence-corrected chi connectivity index (χ3v) is 5.55. The lowest BCUT2D eigenvalue weighted by Gasteiger charge is -2.37. The summed E-state index contributed by atoms with van der Waals surface area (Å²) in [6, 6.07) is 8.48. The molecule has 3 rings (SSSR count). The van der Waals surface area contributed by atoms with Crippen molar-refractivity contribution in [3.63, 3.8) is 0 Å². The van der Waals surface area contributed by atoms with E-state index in [9.17, 15) is 4.79 Å². The predicted octanol–water partition coefficient (Wildman–Crippen LogP) is 3.58. The van der Waals surface area contributed by atoms with Gasteiger partial charge in [0, 0.05) is 17.8 Å². The molecule has 0 fully saturated rings. The molecule has 1 unspecified atom stereocenters. The summed E-state index contributed by atoms with van der Waals surface area (Å²) in [5.41, 5.74) is 2.49. The van der Waals surface area contributed by atoms with Gasteiger partial charge in [-0.1, -0.05) is 6.07 Å². The van der Waals surface area contributed by atoms with Crippen LogP contribution in [-0.2, 0) is 11.2 Å². The number of carboxylic acid groups (broad SMARTS) is 1. The summed E-state index contributed by atoms with van der Waals surface area (Å²) in [6.45, 7) is 1.67. The number of ether oxygens (including phenoxy) is 2. The molecule has 0 amide bonds. The molecule has 2 aromatic rings. The van der Waals surface area contributed by atoms with E-state index in [1.54, 1.807) is 25.6 Å². The first-order chi connectivity index (χ1) is 12.1. The molecular formula is C19H23NO4S. The fourth-order valence-corrected chi connectivity index (χ4v) is 4.33. The lowest BCUT2D eigenvalue weighted by Crippen LogP contribution is -2.36. The van der Waals surface area contributed by atoms with Crippen LogP contribution in [0.2, 0.25) is 0 Å². The topological polar surface area (TPSA) is 59.0 Å². The van der Waals surface area contributed by atoms with Gasteiger partial charge in [0.1, 0.15) is 0 Å². The minimum Gasteiger partial charge on any atom is -0.493 e. The second-order valence-corrected chi connectivity index (χ2v) is 7.09. The molecule has 1 aliphatic heterocycles. The van der Waals surface area contributed by atoms with Crippen molar-refractivity contribution < 1.29 is 19.4 Å². The summed E-state index contributed by atoms with van der Waals surface area (Å²) in [7, 11) is 3.31. The molecule has 134 valence electrons. The average molecular weight is 361 g/mol. The van der Waals surface area contributed by atoms with Crippen LogP contribution < -0.4 is 9.47 Å². The molecule has 0 spiro atoms. The molecule has 5 nitrogen and oxygen atoms in total. The number of thiophene rings is 1. The van der Waals surface area contributed by atoms with E-state index >= 15 is 0 Å². The summed E-state index contributed by atoms with van der Waals surface area (Å²) < 4.78 is 10.9. The Labute approximate surface area is 151 Å². The average Bonchev–Trinajstić information content (AvgIpc) is 3.14. The van der Waals surface area contributed by atoms with Crippen molar-refractivity contribution in [1.82, 2.24) is 4.90 Å². The van der Waals surface area contributed by atoms with E-state index in [1.165, 1.54) is 16.0 Å². The summed E-state index contributed by atoms with van der Waals surface area (Å²) in [5.74, 6) is 0.747. The molecule has 1 aromatic carbocycles. The molecule has 0 bridgehead atoms. The highest BCUT2D eigenvalue weighted by Gasteiger charge is 2.30. The van der Waals surface area contributed by atoms with Gasteiger partial charge >= 0.3 is 5.97 Å². The van der Waals surface area contributed by atoms with Gasteiger partial charge in [-0.05, 0) is 54.1 Å². The number of aliphatic carboxylic acids is 1. The molecular weight excluding hydrogens is 338 g/mol. The van der Waals surface area contributed by atoms with Gasteiger partial charge < -0.3 is 14.6 Å². The van der Waals surface area contributed by atoms with Crippen LogP contribution in [0.4, 0.5) is 0 Å². The van der Waals surface area contributed by atoms with Crippen molar-refractivity contribution in [3.05, 3.63) is 45.6 Å². The van der Waals surface area contributed by atoms with Gasteiger partial charge in [-0.2, -0.15) is 0 Å². The zero-order valence-electron chi connectivity index (χ0n) is 14.5. The number of hydrogen-bond acceptors (Lipinski definition) is 5. The smallest absolute Gasteiger partial charge is 0.303 e. The number of rotatable bonds is 7. The Morgan fingerprint density at radius 3 is 2.72 bits per heavy atom. The van der Waals surface area contributed by atoms with Crippen LogP contribution in [0.5, 0.6) is 11.5 Å². The third-order valence-electron chi connectivity index (χ3n) is 4.62. The molecule has 0 radical (unpaired) electrons. The van der Waals surface area contributed by atoms with Gasteiger partial charge in [0.05, 0.1) is 20.3 Å². The van der Waals surface area contributed by atoms with E-state index in [0.29, 0.717) is 6.42 Å². The van der Waals surface area contributed by atoms with Crippen LogP contribution in [0.25, 0.3) is 0 Å². The Balaban J connectivity index is 1.96. The number of hydrogen-bond donors (Lipinski definition) is 1. The zero-order chi connectivity index (χ0) is 17.8. The second-order valence-electron chi connectivity index (χ2n) is 6.11. The van der Waals surface area contributed by atoms with Crippen LogP contribution in [0.3, 0.4) is 0 Å². The maximum Gasteiger partial charge on any atom is 0.303 e. The molecule has 1 atom stereocenters. The molecule has 1 aromatic heterocycles. The Morgan fingerprint density at radius 1 is 1.32 bits per heavy atom. The number of benzene rings is 1. The number of methoxy groups -OCH3 is 2. The molecule has 0 aliphatic carbocycles. The van der Waals surface area contributed by atoms with Crippen molar-refractivity contribution in [2.75, 3.05) is 27.3 Å². The van der Waals surface area contributed by atoms with E-state index < -0.39 is 5.97 Å². The monoisotopic (exact) mass is 361 g/mol. The maximum absolute atomic E-state index is 10.9. The van der Waals surface area contributed by atoms with Gasteiger partial charge in [0.25, 0.3) is 0 Å². The lowest BCUT2D eigenvalue weighted by atomic mass is 9.90. The largest absolute Gasteiger partial charge is 0.493 e. The minimum absolute atomic E-state index is 0.136. The summed E-state index contributed by atoms with van der Waals surface area (Å²) in [5, 5.41) is 11.0. The van der Waals surface area contributed by atoms with Crippen molar-refractivity contribution in [3.8, 4) is 11.5 Å². The Kier molecular flexibility index (Phi) is 5.60. The summed E-state index contributed by atoms with van der Waals surface area (Å²) in [6.07, 6.45) is 1.77. The van der Waals surface area contributed by atoms with E-state index in [0.717, 1.165) is 31.0 Å².